The zero-order valence-electron chi connectivity index (χ0n) is 31.5. The van der Waals surface area contributed by atoms with Gasteiger partial charge in [-0.15, -0.1) is 69.8 Å². The normalized spacial score (nSPS) is 19.4. The predicted molar refractivity (Wildman–Crippen MR) is 202 cm³/mol. The van der Waals surface area contributed by atoms with E-state index < -0.39 is 0 Å². The van der Waals surface area contributed by atoms with E-state index in [1.54, 1.807) is 0 Å². The van der Waals surface area contributed by atoms with Crippen LogP contribution in [0.4, 0.5) is 0 Å². The number of benzene rings is 3. The summed E-state index contributed by atoms with van der Waals surface area (Å²) in [4.78, 5) is 9.20. The Morgan fingerprint density at radius 2 is 0.898 bits per heavy atom. The molecule has 3 aromatic carbocycles. The maximum atomic E-state index is 4.74. The summed E-state index contributed by atoms with van der Waals surface area (Å²) < 4.78 is 0. The minimum Gasteiger partial charge on any atom is -0.305 e. The summed E-state index contributed by atoms with van der Waals surface area (Å²) >= 11 is 0. The molecule has 0 atom stereocenters. The average Bonchev–Trinajstić information content (AvgIpc) is 3.25. The van der Waals surface area contributed by atoms with Crippen LogP contribution in [0.5, 0.6) is 0 Å². The van der Waals surface area contributed by atoms with Gasteiger partial charge in [-0.2, -0.15) is 0 Å². The maximum absolute atomic E-state index is 4.74. The fourth-order valence-electron chi connectivity index (χ4n) is 8.13. The Bertz CT molecular complexity index is 1950. The first-order valence-electron chi connectivity index (χ1n) is 17.4. The van der Waals surface area contributed by atoms with Crippen molar-refractivity contribution in [3.63, 3.8) is 0 Å². The number of hydrogen-bond acceptors (Lipinski definition) is 2. The van der Waals surface area contributed by atoms with Gasteiger partial charge in [-0.05, 0) is 61.1 Å². The van der Waals surface area contributed by atoms with Crippen LogP contribution < -0.4 is 0 Å². The van der Waals surface area contributed by atoms with E-state index in [-0.39, 0.29) is 52.6 Å². The summed E-state index contributed by atoms with van der Waals surface area (Å²) in [7, 11) is 0. The van der Waals surface area contributed by atoms with Gasteiger partial charge in [-0.3, -0.25) is 0 Å². The third-order valence-electron chi connectivity index (χ3n) is 13.9. The Balaban J connectivity index is 0.000000193. The van der Waals surface area contributed by atoms with E-state index >= 15 is 0 Å². The van der Waals surface area contributed by atoms with Crippen LogP contribution in [0.25, 0.3) is 33.6 Å². The van der Waals surface area contributed by atoms with Crippen molar-refractivity contribution in [2.75, 3.05) is 0 Å². The standard InChI is InChI=1S/C26H28N.C20H24N.Ir/c1-24(2)21-14-12-19(16-22(21)25(3,4)26(24,5)6)23-15-13-20(17-27-23)18-10-8-7-9-11-18;1-18(2)15-11-10-14(17-9-7-8-12-21-17)13-16(15)19(3,4)20(18,5)6;/h7-11,13-17H,1-6H3;7-9,11-13H,1-6H3;/q2*-1;. The molecule has 49 heavy (non-hydrogen) atoms. The molecule has 2 nitrogen and oxygen atoms in total. The topological polar surface area (TPSA) is 25.8 Å². The van der Waals surface area contributed by atoms with E-state index in [4.69, 9.17) is 4.98 Å². The maximum Gasteiger partial charge on any atom is 0.0239 e. The van der Waals surface area contributed by atoms with E-state index in [0.29, 0.717) is 0 Å². The molecule has 0 aliphatic heterocycles. The van der Waals surface area contributed by atoms with Crippen LogP contribution in [0.1, 0.15) is 105 Å². The van der Waals surface area contributed by atoms with Gasteiger partial charge < -0.3 is 9.97 Å². The number of aromatic nitrogens is 2. The van der Waals surface area contributed by atoms with Gasteiger partial charge in [-0.1, -0.05) is 138 Å². The van der Waals surface area contributed by atoms with Crippen molar-refractivity contribution >= 4 is 0 Å². The molecule has 1 radical (unpaired) electrons. The molecule has 0 unspecified atom stereocenters. The minimum absolute atomic E-state index is 0. The minimum atomic E-state index is 0. The zero-order chi connectivity index (χ0) is 34.9. The van der Waals surface area contributed by atoms with Crippen molar-refractivity contribution in [2.24, 2.45) is 10.8 Å². The summed E-state index contributed by atoms with van der Waals surface area (Å²) in [5, 5.41) is 0. The Morgan fingerprint density at radius 1 is 0.449 bits per heavy atom. The second-order valence-electron chi connectivity index (χ2n) is 17.1. The molecular formula is C46H52IrN2-2. The second kappa shape index (κ2) is 12.4. The largest absolute Gasteiger partial charge is 0.305 e. The number of nitrogens with zero attached hydrogens (tertiary/aromatic N) is 2. The molecule has 0 saturated carbocycles. The van der Waals surface area contributed by atoms with Gasteiger partial charge in [0.05, 0.1) is 0 Å². The first-order chi connectivity index (χ1) is 22.4. The smallest absolute Gasteiger partial charge is 0.0239 e. The Labute approximate surface area is 309 Å². The van der Waals surface area contributed by atoms with Gasteiger partial charge in [0, 0.05) is 32.5 Å². The van der Waals surface area contributed by atoms with Crippen LogP contribution in [0.3, 0.4) is 0 Å². The van der Waals surface area contributed by atoms with Crippen molar-refractivity contribution < 1.29 is 20.1 Å². The first kappa shape index (κ1) is 36.9. The SMILES string of the molecule is CC1(C)c2c[c-]c(-c3ccc(-c4ccccc4)cn3)cc2C(C)(C)C1(C)C.CC1(C)c2c[c-]c(-c3ccccn3)cc2C(C)(C)C1(C)C.[Ir]. The van der Waals surface area contributed by atoms with Gasteiger partial charge in [-0.25, -0.2) is 0 Å². The molecule has 2 aliphatic carbocycles. The summed E-state index contributed by atoms with van der Waals surface area (Å²) in [6.07, 6.45) is 3.81. The molecule has 2 aromatic heterocycles. The molecule has 2 aliphatic rings. The summed E-state index contributed by atoms with van der Waals surface area (Å²) in [5.74, 6) is 0. The zero-order valence-corrected chi connectivity index (χ0v) is 33.9. The number of hydrogen-bond donors (Lipinski definition) is 0. The molecule has 0 spiro atoms. The van der Waals surface area contributed by atoms with Crippen molar-refractivity contribution in [1.82, 2.24) is 9.97 Å². The van der Waals surface area contributed by atoms with Gasteiger partial charge in [0.2, 0.25) is 0 Å². The molecule has 0 bridgehead atoms. The fourth-order valence-corrected chi connectivity index (χ4v) is 8.13. The van der Waals surface area contributed by atoms with Crippen LogP contribution >= 0.6 is 0 Å². The van der Waals surface area contributed by atoms with Crippen molar-refractivity contribution in [2.45, 2.75) is 105 Å². The van der Waals surface area contributed by atoms with Crippen LogP contribution in [0.15, 0.2) is 97.3 Å². The van der Waals surface area contributed by atoms with E-state index in [9.17, 15) is 0 Å². The second-order valence-corrected chi connectivity index (χ2v) is 17.1. The van der Waals surface area contributed by atoms with Crippen LogP contribution in [-0.4, -0.2) is 9.97 Å². The molecule has 0 N–H and O–H groups in total. The summed E-state index contributed by atoms with van der Waals surface area (Å²) in [6.45, 7) is 28.4. The summed E-state index contributed by atoms with van der Waals surface area (Å²) in [5.41, 5.74) is 13.1. The Morgan fingerprint density at radius 3 is 1.33 bits per heavy atom. The van der Waals surface area contributed by atoms with Gasteiger partial charge in [0.25, 0.3) is 0 Å². The van der Waals surface area contributed by atoms with Crippen LogP contribution in [-0.2, 0) is 41.8 Å². The third kappa shape index (κ3) is 5.57. The molecule has 5 aromatic rings. The van der Waals surface area contributed by atoms with E-state index in [1.807, 2.05) is 30.6 Å². The predicted octanol–water partition coefficient (Wildman–Crippen LogP) is 12.0. The van der Waals surface area contributed by atoms with Crippen molar-refractivity contribution in [1.29, 1.82) is 0 Å². The van der Waals surface area contributed by atoms with Gasteiger partial charge in [0.1, 0.15) is 0 Å². The fraction of sp³-hybridized carbons (Fsp3) is 0.391. The Kier molecular flexibility index (Phi) is 9.36. The van der Waals surface area contributed by atoms with Gasteiger partial charge >= 0.3 is 0 Å². The molecule has 0 saturated heterocycles. The van der Waals surface area contributed by atoms with Gasteiger partial charge in [0.15, 0.2) is 0 Å². The number of fused-ring (bicyclic) bond motifs is 2. The summed E-state index contributed by atoms with van der Waals surface area (Å²) in [6, 6.07) is 36.7. The molecule has 257 valence electrons. The molecular weight excluding hydrogens is 773 g/mol. The van der Waals surface area contributed by atoms with E-state index in [1.165, 1.54) is 27.8 Å². The van der Waals surface area contributed by atoms with E-state index in [2.05, 4.69) is 167 Å². The monoisotopic (exact) mass is 825 g/mol. The van der Waals surface area contributed by atoms with E-state index in [0.717, 1.165) is 28.1 Å². The molecule has 2 heterocycles. The number of rotatable bonds is 3. The van der Waals surface area contributed by atoms with Crippen molar-refractivity contribution in [3.8, 4) is 33.6 Å². The third-order valence-corrected chi connectivity index (χ3v) is 13.9. The quantitative estimate of drug-likeness (QED) is 0.169. The van der Waals surface area contributed by atoms with Crippen molar-refractivity contribution in [3.05, 3.63) is 132 Å². The molecule has 0 amide bonds. The first-order valence-corrected chi connectivity index (χ1v) is 17.4. The average molecular weight is 825 g/mol. The molecule has 7 rings (SSSR count). The molecule has 0 fully saturated rings. The van der Waals surface area contributed by atoms with Crippen LogP contribution in [0.2, 0.25) is 0 Å². The van der Waals surface area contributed by atoms with Crippen LogP contribution in [0, 0.1) is 23.0 Å². The number of pyridine rings is 2. The molecule has 3 heteroatoms. The Hall–Kier alpha value is -3.39.